The highest BCUT2D eigenvalue weighted by molar-refractivity contribution is 6.31. The summed E-state index contributed by atoms with van der Waals surface area (Å²) in [6.45, 7) is 2.99. The van der Waals surface area contributed by atoms with Gasteiger partial charge in [-0.15, -0.1) is 0 Å². The number of aliphatic hydroxyl groups is 1. The summed E-state index contributed by atoms with van der Waals surface area (Å²) in [5.41, 5.74) is 3.99. The van der Waals surface area contributed by atoms with Crippen molar-refractivity contribution >= 4 is 34.5 Å². The standard InChI is InChI=1S/C27H32ClN3O6/c1-3-36-27(34)31-12-10-21-22-14-18(28)6-9-23(22)30-25(21)26(31)17-4-7-20(8-5-17)37-13-11-19(32)15-29-24(33)16-35-2/h4-9,14,19,26,30,32H,3,10-13,15-16H2,1-2H3,(H,29,33)/t19?,26-/m0/s1. The molecular formula is C27H32ClN3O6. The summed E-state index contributed by atoms with van der Waals surface area (Å²) in [5.74, 6) is 0.361. The predicted molar refractivity (Wildman–Crippen MR) is 140 cm³/mol. The molecule has 3 N–H and O–H groups in total. The molecule has 37 heavy (non-hydrogen) atoms. The Hall–Kier alpha value is -3.27. The van der Waals surface area contributed by atoms with Crippen LogP contribution >= 0.6 is 11.6 Å². The first-order valence-corrected chi connectivity index (χ1v) is 12.7. The molecule has 9 nitrogen and oxygen atoms in total. The molecule has 0 spiro atoms. The van der Waals surface area contributed by atoms with E-state index in [9.17, 15) is 14.7 Å². The number of nitrogens with one attached hydrogen (secondary N) is 2. The van der Waals surface area contributed by atoms with E-state index < -0.39 is 6.10 Å². The average Bonchev–Trinajstić information content (AvgIpc) is 3.25. The number of ether oxygens (including phenoxy) is 3. The third-order valence-electron chi connectivity index (χ3n) is 6.32. The van der Waals surface area contributed by atoms with Gasteiger partial charge in [0.2, 0.25) is 5.91 Å². The van der Waals surface area contributed by atoms with E-state index in [1.54, 1.807) is 11.8 Å². The lowest BCUT2D eigenvalue weighted by molar-refractivity contribution is -0.125. The van der Waals surface area contributed by atoms with E-state index in [2.05, 4.69) is 10.3 Å². The summed E-state index contributed by atoms with van der Waals surface area (Å²) in [6, 6.07) is 13.0. The van der Waals surface area contributed by atoms with Crippen LogP contribution in [-0.4, -0.2) is 73.1 Å². The van der Waals surface area contributed by atoms with Crippen molar-refractivity contribution in [2.24, 2.45) is 0 Å². The number of amides is 2. The number of fused-ring (bicyclic) bond motifs is 3. The van der Waals surface area contributed by atoms with Crippen LogP contribution in [0.15, 0.2) is 42.5 Å². The minimum absolute atomic E-state index is 0.0437. The molecule has 0 saturated heterocycles. The molecule has 1 aromatic heterocycles. The Morgan fingerprint density at radius 1 is 1.24 bits per heavy atom. The summed E-state index contributed by atoms with van der Waals surface area (Å²) in [5, 5.41) is 14.4. The minimum Gasteiger partial charge on any atom is -0.493 e. The van der Waals surface area contributed by atoms with Gasteiger partial charge in [-0.3, -0.25) is 9.69 Å². The number of halogens is 1. The molecule has 3 aromatic rings. The maximum atomic E-state index is 12.9. The number of aromatic amines is 1. The van der Waals surface area contributed by atoms with Crippen LogP contribution in [0.2, 0.25) is 5.02 Å². The number of methoxy groups -OCH3 is 1. The van der Waals surface area contributed by atoms with Gasteiger partial charge in [0.05, 0.1) is 19.3 Å². The lowest BCUT2D eigenvalue weighted by Crippen LogP contribution is -2.40. The predicted octanol–water partition coefficient (Wildman–Crippen LogP) is 3.82. The van der Waals surface area contributed by atoms with Gasteiger partial charge < -0.3 is 29.6 Å². The highest BCUT2D eigenvalue weighted by Gasteiger charge is 2.35. The van der Waals surface area contributed by atoms with Crippen LogP contribution in [0.3, 0.4) is 0 Å². The van der Waals surface area contributed by atoms with E-state index in [0.29, 0.717) is 36.8 Å². The number of H-pyrrole nitrogens is 1. The Morgan fingerprint density at radius 2 is 2.03 bits per heavy atom. The summed E-state index contributed by atoms with van der Waals surface area (Å²) >= 11 is 6.26. The van der Waals surface area contributed by atoms with Crippen LogP contribution < -0.4 is 10.1 Å². The molecule has 10 heteroatoms. The Kier molecular flexibility index (Phi) is 8.91. The summed E-state index contributed by atoms with van der Waals surface area (Å²) < 4.78 is 15.9. The van der Waals surface area contributed by atoms with Gasteiger partial charge in [0, 0.05) is 48.2 Å². The smallest absolute Gasteiger partial charge is 0.410 e. The third-order valence-corrected chi connectivity index (χ3v) is 6.55. The van der Waals surface area contributed by atoms with Crippen molar-refractivity contribution in [3.8, 4) is 5.75 Å². The average molecular weight is 530 g/mol. The highest BCUT2D eigenvalue weighted by atomic mass is 35.5. The number of benzene rings is 2. The number of carbonyl (C=O) groups is 2. The molecule has 2 aromatic carbocycles. The number of hydrogen-bond donors (Lipinski definition) is 3. The molecule has 0 fully saturated rings. The lowest BCUT2D eigenvalue weighted by atomic mass is 9.92. The summed E-state index contributed by atoms with van der Waals surface area (Å²) in [7, 11) is 1.44. The second-order valence-corrected chi connectivity index (χ2v) is 9.29. The zero-order chi connectivity index (χ0) is 26.4. The van der Waals surface area contributed by atoms with Crippen LogP contribution in [0.4, 0.5) is 4.79 Å². The molecule has 1 aliphatic heterocycles. The number of carbonyl (C=O) groups excluding carboxylic acids is 2. The van der Waals surface area contributed by atoms with Crippen LogP contribution in [0.5, 0.6) is 5.75 Å². The topological polar surface area (TPSA) is 113 Å². The molecule has 0 radical (unpaired) electrons. The highest BCUT2D eigenvalue weighted by Crippen LogP contribution is 2.39. The van der Waals surface area contributed by atoms with Crippen molar-refractivity contribution in [1.29, 1.82) is 0 Å². The maximum absolute atomic E-state index is 12.9. The molecule has 198 valence electrons. The van der Waals surface area contributed by atoms with E-state index in [1.165, 1.54) is 7.11 Å². The first-order chi connectivity index (χ1) is 17.9. The quantitative estimate of drug-likeness (QED) is 0.368. The van der Waals surface area contributed by atoms with Gasteiger partial charge >= 0.3 is 6.09 Å². The molecule has 0 bridgehead atoms. The Bertz CT molecular complexity index is 1230. The van der Waals surface area contributed by atoms with Crippen LogP contribution in [-0.2, 0) is 20.7 Å². The first kappa shape index (κ1) is 26.8. The fourth-order valence-corrected chi connectivity index (χ4v) is 4.76. The summed E-state index contributed by atoms with van der Waals surface area (Å²) in [6.07, 6.45) is -0.0356. The van der Waals surface area contributed by atoms with Crippen molar-refractivity contribution in [2.75, 3.05) is 40.0 Å². The molecule has 0 aliphatic carbocycles. The molecular weight excluding hydrogens is 498 g/mol. The van der Waals surface area contributed by atoms with Crippen LogP contribution in [0.25, 0.3) is 10.9 Å². The van der Waals surface area contributed by atoms with E-state index in [1.807, 2.05) is 42.5 Å². The van der Waals surface area contributed by atoms with Gasteiger partial charge in [0.15, 0.2) is 0 Å². The molecule has 1 aliphatic rings. The second kappa shape index (κ2) is 12.3. The maximum Gasteiger partial charge on any atom is 0.410 e. The van der Waals surface area contributed by atoms with Crippen LogP contribution in [0.1, 0.15) is 36.2 Å². The molecule has 1 unspecified atom stereocenters. The monoisotopic (exact) mass is 529 g/mol. The van der Waals surface area contributed by atoms with E-state index in [-0.39, 0.29) is 37.8 Å². The van der Waals surface area contributed by atoms with Gasteiger partial charge in [-0.1, -0.05) is 23.7 Å². The van der Waals surface area contributed by atoms with E-state index in [4.69, 9.17) is 25.8 Å². The van der Waals surface area contributed by atoms with E-state index in [0.717, 1.165) is 27.7 Å². The van der Waals surface area contributed by atoms with Gasteiger partial charge in [0.1, 0.15) is 18.4 Å². The number of rotatable bonds is 10. The molecule has 4 rings (SSSR count). The molecule has 2 atom stereocenters. The largest absolute Gasteiger partial charge is 0.493 e. The number of hydrogen-bond acceptors (Lipinski definition) is 6. The van der Waals surface area contributed by atoms with Gasteiger partial charge in [-0.2, -0.15) is 0 Å². The van der Waals surface area contributed by atoms with Gasteiger partial charge in [-0.25, -0.2) is 4.79 Å². The SMILES string of the molecule is CCOC(=O)N1CCc2c([nH]c3ccc(Cl)cc23)[C@@H]1c1ccc(OCCC(O)CNC(=O)COC)cc1. The molecule has 2 amide bonds. The van der Waals surface area contributed by atoms with Crippen molar-refractivity contribution in [2.45, 2.75) is 31.9 Å². The fraction of sp³-hybridized carbons (Fsp3) is 0.407. The Labute approximate surface area is 220 Å². The Morgan fingerprint density at radius 3 is 2.76 bits per heavy atom. The summed E-state index contributed by atoms with van der Waals surface area (Å²) in [4.78, 5) is 29.5. The first-order valence-electron chi connectivity index (χ1n) is 12.3. The van der Waals surface area contributed by atoms with Crippen molar-refractivity contribution < 1.29 is 28.9 Å². The zero-order valence-electron chi connectivity index (χ0n) is 21.0. The zero-order valence-corrected chi connectivity index (χ0v) is 21.7. The van der Waals surface area contributed by atoms with Gasteiger partial charge in [-0.05, 0) is 54.8 Å². The third kappa shape index (κ3) is 6.36. The number of aliphatic hydroxyl groups excluding tert-OH is 1. The van der Waals surface area contributed by atoms with Crippen molar-refractivity contribution in [1.82, 2.24) is 15.2 Å². The lowest BCUT2D eigenvalue weighted by Gasteiger charge is -2.35. The van der Waals surface area contributed by atoms with E-state index >= 15 is 0 Å². The number of aromatic nitrogens is 1. The normalized spacial score (nSPS) is 15.8. The molecule has 0 saturated carbocycles. The second-order valence-electron chi connectivity index (χ2n) is 8.85. The van der Waals surface area contributed by atoms with Gasteiger partial charge in [0.25, 0.3) is 0 Å². The Balaban J connectivity index is 1.48. The number of nitrogens with zero attached hydrogens (tertiary/aromatic N) is 1. The van der Waals surface area contributed by atoms with Crippen molar-refractivity contribution in [3.63, 3.8) is 0 Å². The van der Waals surface area contributed by atoms with Crippen molar-refractivity contribution in [3.05, 3.63) is 64.3 Å². The fourth-order valence-electron chi connectivity index (χ4n) is 4.59. The molecule has 2 heterocycles. The van der Waals surface area contributed by atoms with Crippen LogP contribution in [0, 0.1) is 0 Å². The minimum atomic E-state index is -0.727.